The number of hydrogen-bond donors (Lipinski definition) is 1. The summed E-state index contributed by atoms with van der Waals surface area (Å²) in [4.78, 5) is 18.5. The first-order valence-corrected chi connectivity index (χ1v) is 8.24. The summed E-state index contributed by atoms with van der Waals surface area (Å²) in [6.07, 6.45) is 2.62. The molecule has 0 unspecified atom stereocenters. The van der Waals surface area contributed by atoms with Gasteiger partial charge in [-0.3, -0.25) is 0 Å². The highest BCUT2D eigenvalue weighted by Gasteiger charge is 2.25. The number of amides is 2. The topological polar surface area (TPSA) is 80.5 Å². The van der Waals surface area contributed by atoms with E-state index >= 15 is 0 Å². The molecule has 1 aromatic heterocycles. The number of benzene rings is 1. The van der Waals surface area contributed by atoms with Crippen LogP contribution in [0.2, 0.25) is 0 Å². The molecule has 1 fully saturated rings. The second-order valence-corrected chi connectivity index (χ2v) is 6.17. The summed E-state index contributed by atoms with van der Waals surface area (Å²) in [5.74, 6) is 1.15. The quantitative estimate of drug-likeness (QED) is 0.919. The average molecular weight is 348 g/mol. The van der Waals surface area contributed by atoms with Gasteiger partial charge in [0.1, 0.15) is 0 Å². The number of likely N-dealkylation sites (tertiary alicyclic amines) is 1. The molecule has 1 aliphatic rings. The first-order valence-electron chi connectivity index (χ1n) is 8.24. The monoisotopic (exact) mass is 348 g/mol. The summed E-state index contributed by atoms with van der Waals surface area (Å²) >= 11 is 0. The number of methoxy groups -OCH3 is 1. The normalized spacial score (nSPS) is 17.4. The third-order valence-corrected chi connectivity index (χ3v) is 4.25. The van der Waals surface area contributed by atoms with Crippen molar-refractivity contribution in [1.29, 1.82) is 0 Å². The van der Waals surface area contributed by atoms with Gasteiger partial charge in [0.15, 0.2) is 17.4 Å². The van der Waals surface area contributed by atoms with Gasteiger partial charge >= 0.3 is 6.03 Å². The smallest absolute Gasteiger partial charge is 0.321 e. The highest BCUT2D eigenvalue weighted by atomic mass is 19.1. The lowest BCUT2D eigenvalue weighted by Gasteiger charge is -2.32. The van der Waals surface area contributed by atoms with Gasteiger partial charge in [-0.15, -0.1) is 0 Å². The number of hydrogen-bond acceptors (Lipinski definition) is 5. The third-order valence-electron chi connectivity index (χ3n) is 4.25. The number of nitrogens with one attached hydrogen (secondary N) is 1. The average Bonchev–Trinajstić information content (AvgIpc) is 3.01. The molecule has 0 bridgehead atoms. The number of halogens is 1. The molecule has 1 aliphatic heterocycles. The zero-order chi connectivity index (χ0) is 17.8. The van der Waals surface area contributed by atoms with Gasteiger partial charge in [-0.25, -0.2) is 9.18 Å². The molecule has 3 rings (SSSR count). The Bertz CT molecular complexity index is 749. The Kier molecular flexibility index (Phi) is 5.16. The lowest BCUT2D eigenvalue weighted by atomic mass is 9.95. The Morgan fingerprint density at radius 2 is 2.36 bits per heavy atom. The largest absolute Gasteiger partial charge is 0.494 e. The van der Waals surface area contributed by atoms with E-state index in [9.17, 15) is 9.18 Å². The van der Waals surface area contributed by atoms with Crippen LogP contribution in [0.4, 0.5) is 14.9 Å². The molecule has 0 saturated carbocycles. The second kappa shape index (κ2) is 7.50. The van der Waals surface area contributed by atoms with Crippen molar-refractivity contribution in [3.05, 3.63) is 35.7 Å². The van der Waals surface area contributed by atoms with Gasteiger partial charge in [-0.2, -0.15) is 4.98 Å². The molecule has 1 aromatic carbocycles. The lowest BCUT2D eigenvalue weighted by Crippen LogP contribution is -2.42. The maximum absolute atomic E-state index is 13.5. The van der Waals surface area contributed by atoms with E-state index in [0.29, 0.717) is 42.8 Å². The molecule has 0 aliphatic carbocycles. The van der Waals surface area contributed by atoms with Crippen LogP contribution in [0.5, 0.6) is 5.75 Å². The van der Waals surface area contributed by atoms with Crippen molar-refractivity contribution in [2.24, 2.45) is 5.92 Å². The van der Waals surface area contributed by atoms with E-state index < -0.39 is 5.82 Å². The lowest BCUT2D eigenvalue weighted by molar-refractivity contribution is 0.176. The van der Waals surface area contributed by atoms with Crippen LogP contribution in [0.25, 0.3) is 0 Å². The number of ether oxygens (including phenoxy) is 1. The summed E-state index contributed by atoms with van der Waals surface area (Å²) < 4.78 is 23.4. The predicted octanol–water partition coefficient (Wildman–Crippen LogP) is 3.01. The van der Waals surface area contributed by atoms with Crippen molar-refractivity contribution in [2.75, 3.05) is 25.5 Å². The molecule has 134 valence electrons. The molecular weight excluding hydrogens is 327 g/mol. The molecular formula is C17H21FN4O3. The fourth-order valence-corrected chi connectivity index (χ4v) is 3.04. The maximum atomic E-state index is 13.5. The van der Waals surface area contributed by atoms with E-state index in [1.165, 1.54) is 25.3 Å². The Balaban J connectivity index is 1.60. The molecule has 7 nitrogen and oxygen atoms in total. The second-order valence-electron chi connectivity index (χ2n) is 6.17. The number of rotatable bonds is 4. The van der Waals surface area contributed by atoms with Crippen molar-refractivity contribution >= 4 is 11.7 Å². The first kappa shape index (κ1) is 17.2. The van der Waals surface area contributed by atoms with E-state index in [-0.39, 0.29) is 11.8 Å². The number of piperidine rings is 1. The summed E-state index contributed by atoms with van der Waals surface area (Å²) in [5, 5.41) is 6.71. The van der Waals surface area contributed by atoms with E-state index in [1.807, 2.05) is 0 Å². The van der Waals surface area contributed by atoms with E-state index in [4.69, 9.17) is 9.26 Å². The summed E-state index contributed by atoms with van der Waals surface area (Å²) in [6.45, 7) is 3.07. The van der Waals surface area contributed by atoms with Crippen LogP contribution in [-0.2, 0) is 6.42 Å². The number of carbonyl (C=O) groups excluding carboxylic acids is 1. The van der Waals surface area contributed by atoms with Crippen LogP contribution in [0, 0.1) is 18.7 Å². The van der Waals surface area contributed by atoms with Crippen LogP contribution in [0.15, 0.2) is 22.7 Å². The standard InChI is InChI=1S/C17H21FN4O3/c1-11-19-16(21-25-11)8-12-4-3-7-22(10-12)17(23)20-13-5-6-14(18)15(9-13)24-2/h5-6,9,12H,3-4,7-8,10H2,1-2H3,(H,20,23)/t12-/m0/s1. The van der Waals surface area contributed by atoms with E-state index in [2.05, 4.69) is 15.5 Å². The molecule has 1 atom stereocenters. The number of nitrogens with zero attached hydrogens (tertiary/aromatic N) is 3. The summed E-state index contributed by atoms with van der Waals surface area (Å²) in [6, 6.07) is 4.05. The van der Waals surface area contributed by atoms with Gasteiger partial charge < -0.3 is 19.5 Å². The first-order chi connectivity index (χ1) is 12.0. The van der Waals surface area contributed by atoms with Crippen LogP contribution < -0.4 is 10.1 Å². The zero-order valence-electron chi connectivity index (χ0n) is 14.3. The molecule has 8 heteroatoms. The summed E-state index contributed by atoms with van der Waals surface area (Å²) in [7, 11) is 1.39. The van der Waals surface area contributed by atoms with Gasteiger partial charge in [0.25, 0.3) is 0 Å². The fourth-order valence-electron chi connectivity index (χ4n) is 3.04. The summed E-state index contributed by atoms with van der Waals surface area (Å²) in [5.41, 5.74) is 0.499. The van der Waals surface area contributed by atoms with Crippen LogP contribution in [-0.4, -0.2) is 41.3 Å². The van der Waals surface area contributed by atoms with Gasteiger partial charge in [0.05, 0.1) is 7.11 Å². The molecule has 2 aromatic rings. The number of urea groups is 1. The Hall–Kier alpha value is -2.64. The number of aryl methyl sites for hydroxylation is 1. The third kappa shape index (κ3) is 4.26. The van der Waals surface area contributed by atoms with Crippen molar-refractivity contribution in [3.63, 3.8) is 0 Å². The number of aromatic nitrogens is 2. The van der Waals surface area contributed by atoms with Crippen LogP contribution in [0.1, 0.15) is 24.6 Å². The van der Waals surface area contributed by atoms with E-state index in [1.54, 1.807) is 11.8 Å². The zero-order valence-corrected chi connectivity index (χ0v) is 14.3. The molecule has 1 N–H and O–H groups in total. The number of carbonyl (C=O) groups is 1. The van der Waals surface area contributed by atoms with Crippen molar-refractivity contribution in [3.8, 4) is 5.75 Å². The molecule has 25 heavy (non-hydrogen) atoms. The molecule has 0 spiro atoms. The molecule has 0 radical (unpaired) electrons. The van der Waals surface area contributed by atoms with Crippen LogP contribution in [0.3, 0.4) is 0 Å². The highest BCUT2D eigenvalue weighted by molar-refractivity contribution is 5.89. The Labute approximate surface area is 145 Å². The van der Waals surface area contributed by atoms with Gasteiger partial charge in [-0.1, -0.05) is 5.16 Å². The maximum Gasteiger partial charge on any atom is 0.321 e. The predicted molar refractivity (Wildman–Crippen MR) is 89.0 cm³/mol. The Morgan fingerprint density at radius 3 is 3.08 bits per heavy atom. The SMILES string of the molecule is COc1cc(NC(=O)N2CCC[C@@H](Cc3noc(C)n3)C2)ccc1F. The molecule has 1 saturated heterocycles. The van der Waals surface area contributed by atoms with Gasteiger partial charge in [0, 0.05) is 38.2 Å². The number of anilines is 1. The molecule has 2 amide bonds. The minimum absolute atomic E-state index is 0.0989. The fraction of sp³-hybridized carbons (Fsp3) is 0.471. The highest BCUT2D eigenvalue weighted by Crippen LogP contribution is 2.23. The van der Waals surface area contributed by atoms with E-state index in [0.717, 1.165) is 12.8 Å². The van der Waals surface area contributed by atoms with Crippen molar-refractivity contribution in [2.45, 2.75) is 26.2 Å². The van der Waals surface area contributed by atoms with Crippen molar-refractivity contribution < 1.29 is 18.4 Å². The van der Waals surface area contributed by atoms with Gasteiger partial charge in [-0.05, 0) is 30.9 Å². The van der Waals surface area contributed by atoms with Crippen molar-refractivity contribution in [1.82, 2.24) is 15.0 Å². The molecule has 2 heterocycles. The minimum Gasteiger partial charge on any atom is -0.494 e. The van der Waals surface area contributed by atoms with Gasteiger partial charge in [0.2, 0.25) is 5.89 Å². The Morgan fingerprint density at radius 1 is 1.52 bits per heavy atom. The van der Waals surface area contributed by atoms with Crippen LogP contribution >= 0.6 is 0 Å². The minimum atomic E-state index is -0.464.